The molecule has 18 nitrogen and oxygen atoms in total. The second-order valence-electron chi connectivity index (χ2n) is 9.86. The summed E-state index contributed by atoms with van der Waals surface area (Å²) < 4.78 is 0. The van der Waals surface area contributed by atoms with Crippen LogP contribution in [0, 0.1) is 40.5 Å². The molecule has 0 aliphatic heterocycles. The summed E-state index contributed by atoms with van der Waals surface area (Å²) in [5, 5.41) is 46.5. The molecule has 0 atom stereocenters. The Morgan fingerprint density at radius 3 is 0.800 bits per heavy atom. The van der Waals surface area contributed by atoms with Crippen LogP contribution in [0.25, 0.3) is 48.6 Å². The van der Waals surface area contributed by atoms with Crippen LogP contribution in [0.2, 0.25) is 0 Å². The van der Waals surface area contributed by atoms with Gasteiger partial charge in [-0.25, -0.2) is 9.97 Å². The summed E-state index contributed by atoms with van der Waals surface area (Å²) >= 11 is 0. The largest absolute Gasteiger partial charge is 0.294 e. The van der Waals surface area contributed by atoms with E-state index in [1.54, 1.807) is 0 Å². The molecule has 0 bridgehead atoms. The van der Waals surface area contributed by atoms with Gasteiger partial charge in [0.15, 0.2) is 0 Å². The molecule has 0 aliphatic carbocycles. The molecule has 246 valence electrons. The van der Waals surface area contributed by atoms with Crippen LogP contribution in [0.3, 0.4) is 0 Å². The van der Waals surface area contributed by atoms with E-state index in [2.05, 4.69) is 29.9 Å². The Hall–Kier alpha value is -7.76. The van der Waals surface area contributed by atoms with E-state index in [1.807, 2.05) is 0 Å². The van der Waals surface area contributed by atoms with Crippen LogP contribution >= 0.6 is 0 Å². The zero-order valence-electron chi connectivity index (χ0n) is 25.3. The lowest BCUT2D eigenvalue weighted by Gasteiger charge is -2.08. The second kappa shape index (κ2) is 15.2. The molecule has 0 fully saturated rings. The lowest BCUT2D eigenvalue weighted by atomic mass is 10.1. The van der Waals surface area contributed by atoms with Crippen LogP contribution in [-0.4, -0.2) is 49.6 Å². The Balaban J connectivity index is 1.73. The average molecular weight is 673 g/mol. The van der Waals surface area contributed by atoms with Gasteiger partial charge >= 0.3 is 0 Å². The van der Waals surface area contributed by atoms with Crippen molar-refractivity contribution in [2.75, 3.05) is 0 Å². The summed E-state index contributed by atoms with van der Waals surface area (Å²) in [4.78, 5) is 68.6. The fourth-order valence-electron chi connectivity index (χ4n) is 4.42. The molecule has 5 rings (SSSR count). The minimum absolute atomic E-state index is 0.139. The number of rotatable bonds is 12. The Kier molecular flexibility index (Phi) is 10.2. The van der Waals surface area contributed by atoms with E-state index in [1.165, 1.54) is 97.7 Å². The predicted molar refractivity (Wildman–Crippen MR) is 181 cm³/mol. The highest BCUT2D eigenvalue weighted by atomic mass is 16.6. The highest BCUT2D eigenvalue weighted by molar-refractivity contribution is 5.84. The number of nitrogens with zero attached hydrogens (tertiary/aromatic N) is 10. The van der Waals surface area contributed by atoms with E-state index >= 15 is 0 Å². The molecule has 5 aromatic heterocycles. The van der Waals surface area contributed by atoms with Crippen molar-refractivity contribution in [2.24, 2.45) is 0 Å². The molecule has 0 saturated carbocycles. The summed E-state index contributed by atoms with van der Waals surface area (Å²) in [7, 11) is 0. The van der Waals surface area contributed by atoms with Crippen LogP contribution in [0.15, 0.2) is 73.8 Å². The molecule has 0 spiro atoms. The van der Waals surface area contributed by atoms with Gasteiger partial charge in [-0.15, -0.1) is 0 Å². The average Bonchev–Trinajstić information content (AvgIpc) is 3.12. The Morgan fingerprint density at radius 1 is 0.380 bits per heavy atom. The highest BCUT2D eigenvalue weighted by Gasteiger charge is 2.16. The maximum Gasteiger partial charge on any atom is 0.294 e. The zero-order valence-corrected chi connectivity index (χ0v) is 25.3. The number of aromatic nitrogens is 6. The van der Waals surface area contributed by atoms with Gasteiger partial charge in [0.1, 0.15) is 24.8 Å². The summed E-state index contributed by atoms with van der Waals surface area (Å²) in [6.45, 7) is 0. The molecule has 0 N–H and O–H groups in total. The van der Waals surface area contributed by atoms with Crippen molar-refractivity contribution < 1.29 is 19.7 Å². The monoisotopic (exact) mass is 672 g/mol. The van der Waals surface area contributed by atoms with Crippen molar-refractivity contribution in [3.63, 3.8) is 0 Å². The van der Waals surface area contributed by atoms with E-state index in [0.717, 1.165) is 24.8 Å². The van der Waals surface area contributed by atoms with Crippen molar-refractivity contribution >= 4 is 71.4 Å². The highest BCUT2D eigenvalue weighted by Crippen LogP contribution is 2.26. The summed E-state index contributed by atoms with van der Waals surface area (Å²) in [5.74, 6) is 0. The fraction of sp³-hybridized carbons (Fsp3) is 0. The summed E-state index contributed by atoms with van der Waals surface area (Å²) in [6.07, 6.45) is 21.2. The van der Waals surface area contributed by atoms with E-state index in [-0.39, 0.29) is 67.8 Å². The normalized spacial score (nSPS) is 11.5. The molecular weight excluding hydrogens is 652 g/mol. The van der Waals surface area contributed by atoms with Crippen molar-refractivity contribution in [3.05, 3.63) is 159 Å². The van der Waals surface area contributed by atoms with Gasteiger partial charge in [0.05, 0.1) is 64.7 Å². The van der Waals surface area contributed by atoms with Gasteiger partial charge in [0.25, 0.3) is 22.7 Å². The van der Waals surface area contributed by atoms with Crippen molar-refractivity contribution in [1.82, 2.24) is 29.9 Å². The van der Waals surface area contributed by atoms with Gasteiger partial charge < -0.3 is 0 Å². The second-order valence-corrected chi connectivity index (χ2v) is 9.86. The van der Waals surface area contributed by atoms with Crippen LogP contribution < -0.4 is 0 Å². The predicted octanol–water partition coefficient (Wildman–Crippen LogP) is 6.37. The molecule has 50 heavy (non-hydrogen) atoms. The van der Waals surface area contributed by atoms with Gasteiger partial charge in [0.2, 0.25) is 0 Å². The van der Waals surface area contributed by atoms with Crippen LogP contribution in [0.1, 0.15) is 45.0 Å². The third-order valence-corrected chi connectivity index (χ3v) is 6.81. The molecule has 0 aliphatic rings. The first-order valence-electron chi connectivity index (χ1n) is 14.1. The Labute approximate surface area is 280 Å². The van der Waals surface area contributed by atoms with Crippen molar-refractivity contribution in [3.8, 4) is 0 Å². The van der Waals surface area contributed by atoms with Crippen molar-refractivity contribution in [2.45, 2.75) is 0 Å². The zero-order chi connectivity index (χ0) is 35.6. The minimum atomic E-state index is -0.607. The lowest BCUT2D eigenvalue weighted by Crippen LogP contribution is -2.00. The van der Waals surface area contributed by atoms with E-state index in [4.69, 9.17) is 0 Å². The van der Waals surface area contributed by atoms with E-state index in [0.29, 0.717) is 0 Å². The molecule has 0 saturated heterocycles. The van der Waals surface area contributed by atoms with Gasteiger partial charge in [-0.2, -0.15) is 0 Å². The number of hydrogen-bond donors (Lipinski definition) is 0. The molecule has 5 heterocycles. The topological polar surface area (TPSA) is 250 Å². The van der Waals surface area contributed by atoms with Crippen LogP contribution in [-0.2, 0) is 0 Å². The van der Waals surface area contributed by atoms with Gasteiger partial charge in [-0.3, -0.25) is 60.4 Å². The van der Waals surface area contributed by atoms with Gasteiger partial charge in [0, 0.05) is 24.8 Å². The molecule has 0 aromatic carbocycles. The van der Waals surface area contributed by atoms with Crippen LogP contribution in [0.5, 0.6) is 0 Å². The quantitative estimate of drug-likeness (QED) is 0.103. The first kappa shape index (κ1) is 33.6. The summed E-state index contributed by atoms with van der Waals surface area (Å²) in [6, 6.07) is 5.67. The molecule has 0 radical (unpaired) electrons. The van der Waals surface area contributed by atoms with Gasteiger partial charge in [-0.05, 0) is 72.9 Å². The van der Waals surface area contributed by atoms with Crippen LogP contribution in [0.4, 0.5) is 22.7 Å². The molecule has 0 amide bonds. The molecular formula is C32H20N10O8. The van der Waals surface area contributed by atoms with Crippen molar-refractivity contribution in [1.29, 1.82) is 0 Å². The fourth-order valence-corrected chi connectivity index (χ4v) is 4.42. The summed E-state index contributed by atoms with van der Waals surface area (Å²) in [5.41, 5.74) is 0.147. The first-order chi connectivity index (χ1) is 24.1. The maximum absolute atomic E-state index is 11.6. The SMILES string of the molecule is O=[N+]([O-])c1cnccc1C=Cc1nc(C=Cc2ccncc2[N+](=O)[O-])c(C=Cc2ccncc2[N+](=O)[O-])nc1C=Cc1ccncc1[N+](=O)[O-]. The van der Waals surface area contributed by atoms with Gasteiger partial charge in [-0.1, -0.05) is 0 Å². The Bertz CT molecular complexity index is 1960. The Morgan fingerprint density at radius 2 is 0.600 bits per heavy atom. The van der Waals surface area contributed by atoms with E-state index in [9.17, 15) is 40.5 Å². The third kappa shape index (κ3) is 7.96. The molecule has 5 aromatic rings. The number of nitro groups is 4. The number of pyridine rings is 4. The lowest BCUT2D eigenvalue weighted by molar-refractivity contribution is -0.385. The van der Waals surface area contributed by atoms with E-state index < -0.39 is 19.7 Å². The maximum atomic E-state index is 11.6. The smallest absolute Gasteiger partial charge is 0.258 e. The minimum Gasteiger partial charge on any atom is -0.258 e. The number of hydrogen-bond acceptors (Lipinski definition) is 14. The first-order valence-corrected chi connectivity index (χ1v) is 14.1. The third-order valence-electron chi connectivity index (χ3n) is 6.81. The molecule has 18 heteroatoms. The standard InChI is InChI=1S/C32H20N10O8/c43-39(44)29-17-33-13-9-21(29)1-5-25-26(6-2-22-10-14-34-18-30(22)40(45)46)38-28(8-4-24-12-16-36-20-32(24)42(49)50)27(37-25)7-3-23-11-15-35-19-31(23)41(47)48/h1-20H. The molecule has 0 unspecified atom stereocenters.